The number of likely N-dealkylation sites (N-methyl/N-ethyl adjacent to an activating group) is 1. The number of carboxylic acid groups (broad SMARTS) is 1. The number of nitrogens with zero attached hydrogens (tertiary/aromatic N) is 2. The van der Waals surface area contributed by atoms with Crippen molar-refractivity contribution in [3.63, 3.8) is 0 Å². The predicted molar refractivity (Wildman–Crippen MR) is 59.2 cm³/mol. The van der Waals surface area contributed by atoms with Crippen molar-refractivity contribution < 1.29 is 14.7 Å². The van der Waals surface area contributed by atoms with E-state index >= 15 is 0 Å². The van der Waals surface area contributed by atoms with Crippen molar-refractivity contribution in [2.24, 2.45) is 5.73 Å². The standard InChI is InChI=1S/C9H13N3O3S/c1-2-12(4-7(10)13)3-6-5-16-8(11-6)9(14)15/h5H,2-4H2,1H3,(H2,10,13)(H,14,15). The Balaban J connectivity index is 2.63. The Bertz CT molecular complexity index is 391. The third-order valence-corrected chi connectivity index (χ3v) is 2.83. The van der Waals surface area contributed by atoms with Crippen LogP contribution >= 0.6 is 11.3 Å². The quantitative estimate of drug-likeness (QED) is 0.741. The minimum Gasteiger partial charge on any atom is -0.476 e. The second kappa shape index (κ2) is 5.57. The van der Waals surface area contributed by atoms with Crippen molar-refractivity contribution in [2.75, 3.05) is 13.1 Å². The highest BCUT2D eigenvalue weighted by molar-refractivity contribution is 7.11. The lowest BCUT2D eigenvalue weighted by atomic mass is 10.4. The number of thiazole rings is 1. The van der Waals surface area contributed by atoms with Gasteiger partial charge >= 0.3 is 5.97 Å². The molecule has 0 bridgehead atoms. The van der Waals surface area contributed by atoms with Crippen molar-refractivity contribution in [2.45, 2.75) is 13.5 Å². The zero-order valence-corrected chi connectivity index (χ0v) is 9.66. The van der Waals surface area contributed by atoms with Crippen LogP contribution in [-0.4, -0.2) is 40.0 Å². The molecule has 16 heavy (non-hydrogen) atoms. The molecule has 3 N–H and O–H groups in total. The van der Waals surface area contributed by atoms with E-state index in [1.165, 1.54) is 0 Å². The van der Waals surface area contributed by atoms with E-state index < -0.39 is 11.9 Å². The van der Waals surface area contributed by atoms with Crippen LogP contribution < -0.4 is 5.73 Å². The number of carboxylic acids is 1. The molecule has 7 heteroatoms. The summed E-state index contributed by atoms with van der Waals surface area (Å²) in [5.41, 5.74) is 5.73. The highest BCUT2D eigenvalue weighted by atomic mass is 32.1. The van der Waals surface area contributed by atoms with E-state index in [2.05, 4.69) is 4.98 Å². The molecule has 0 unspecified atom stereocenters. The highest BCUT2D eigenvalue weighted by Crippen LogP contribution is 2.11. The van der Waals surface area contributed by atoms with Crippen LogP contribution in [0.25, 0.3) is 0 Å². The van der Waals surface area contributed by atoms with Gasteiger partial charge in [0, 0.05) is 11.9 Å². The molecule has 0 atom stereocenters. The molecule has 1 heterocycles. The Morgan fingerprint density at radius 1 is 1.62 bits per heavy atom. The molecule has 0 fully saturated rings. The molecule has 0 saturated heterocycles. The van der Waals surface area contributed by atoms with E-state index in [9.17, 15) is 9.59 Å². The van der Waals surface area contributed by atoms with E-state index in [0.717, 1.165) is 11.3 Å². The van der Waals surface area contributed by atoms with Gasteiger partial charge in [0.1, 0.15) is 0 Å². The van der Waals surface area contributed by atoms with Crippen LogP contribution in [0.15, 0.2) is 5.38 Å². The number of nitrogens with two attached hydrogens (primary N) is 1. The van der Waals surface area contributed by atoms with Crippen molar-refractivity contribution >= 4 is 23.2 Å². The largest absolute Gasteiger partial charge is 0.476 e. The van der Waals surface area contributed by atoms with E-state index in [-0.39, 0.29) is 11.6 Å². The minimum absolute atomic E-state index is 0.0603. The lowest BCUT2D eigenvalue weighted by Crippen LogP contribution is -2.33. The van der Waals surface area contributed by atoms with Gasteiger partial charge in [0.25, 0.3) is 0 Å². The number of hydrogen-bond acceptors (Lipinski definition) is 5. The van der Waals surface area contributed by atoms with Crippen molar-refractivity contribution in [1.82, 2.24) is 9.88 Å². The predicted octanol–water partition coefficient (Wildman–Crippen LogP) is 0.149. The van der Waals surface area contributed by atoms with E-state index in [4.69, 9.17) is 10.8 Å². The monoisotopic (exact) mass is 243 g/mol. The van der Waals surface area contributed by atoms with Crippen LogP contribution in [0.2, 0.25) is 0 Å². The molecule has 0 aromatic carbocycles. The summed E-state index contributed by atoms with van der Waals surface area (Å²) in [5.74, 6) is -1.44. The molecular formula is C9H13N3O3S. The molecule has 0 saturated carbocycles. The van der Waals surface area contributed by atoms with Gasteiger partial charge in [-0.15, -0.1) is 11.3 Å². The summed E-state index contributed by atoms with van der Waals surface area (Å²) >= 11 is 1.08. The summed E-state index contributed by atoms with van der Waals surface area (Å²) in [6.07, 6.45) is 0. The first kappa shape index (κ1) is 12.6. The molecule has 1 rings (SSSR count). The Labute approximate surface area is 96.7 Å². The molecule has 1 amide bonds. The first-order chi connectivity index (χ1) is 7.52. The maximum absolute atomic E-state index is 10.7. The third-order valence-electron chi connectivity index (χ3n) is 1.95. The Morgan fingerprint density at radius 2 is 2.31 bits per heavy atom. The smallest absolute Gasteiger partial charge is 0.365 e. The Morgan fingerprint density at radius 3 is 2.75 bits per heavy atom. The van der Waals surface area contributed by atoms with Crippen molar-refractivity contribution in [3.8, 4) is 0 Å². The number of amides is 1. The number of carbonyl (C=O) groups excluding carboxylic acids is 1. The molecular weight excluding hydrogens is 230 g/mol. The SMILES string of the molecule is CCN(CC(N)=O)Cc1csc(C(=O)O)n1. The molecule has 0 aliphatic carbocycles. The molecule has 88 valence electrons. The number of aromatic carboxylic acids is 1. The van der Waals surface area contributed by atoms with Crippen LogP contribution in [-0.2, 0) is 11.3 Å². The summed E-state index contributed by atoms with van der Waals surface area (Å²) < 4.78 is 0. The first-order valence-electron chi connectivity index (χ1n) is 4.71. The highest BCUT2D eigenvalue weighted by Gasteiger charge is 2.12. The lowest BCUT2D eigenvalue weighted by Gasteiger charge is -2.16. The molecule has 0 radical (unpaired) electrons. The number of aromatic nitrogens is 1. The van der Waals surface area contributed by atoms with Crippen LogP contribution in [0, 0.1) is 0 Å². The maximum atomic E-state index is 10.7. The third kappa shape index (κ3) is 3.59. The fourth-order valence-corrected chi connectivity index (χ4v) is 1.85. The van der Waals surface area contributed by atoms with Gasteiger partial charge in [-0.25, -0.2) is 9.78 Å². The number of primary amides is 1. The topological polar surface area (TPSA) is 96.5 Å². The molecule has 0 spiro atoms. The lowest BCUT2D eigenvalue weighted by molar-refractivity contribution is -0.119. The van der Waals surface area contributed by atoms with Crippen molar-refractivity contribution in [1.29, 1.82) is 0 Å². The molecule has 1 aromatic rings. The molecule has 0 aliphatic heterocycles. The van der Waals surface area contributed by atoms with E-state index in [0.29, 0.717) is 18.8 Å². The van der Waals surface area contributed by atoms with Crippen LogP contribution in [0.5, 0.6) is 0 Å². The van der Waals surface area contributed by atoms with Gasteiger partial charge in [-0.3, -0.25) is 9.69 Å². The van der Waals surface area contributed by atoms with Gasteiger partial charge in [-0.2, -0.15) is 0 Å². The second-order valence-corrected chi connectivity index (χ2v) is 4.08. The molecule has 6 nitrogen and oxygen atoms in total. The summed E-state index contributed by atoms with van der Waals surface area (Å²) in [4.78, 5) is 27.1. The normalized spacial score (nSPS) is 10.6. The Kier molecular flexibility index (Phi) is 4.39. The van der Waals surface area contributed by atoms with Gasteiger partial charge < -0.3 is 10.8 Å². The van der Waals surface area contributed by atoms with Crippen LogP contribution in [0.1, 0.15) is 22.4 Å². The van der Waals surface area contributed by atoms with Gasteiger partial charge in [-0.05, 0) is 6.54 Å². The average Bonchev–Trinajstić information content (AvgIpc) is 2.64. The summed E-state index contributed by atoms with van der Waals surface area (Å²) in [6.45, 7) is 3.13. The van der Waals surface area contributed by atoms with E-state index in [1.807, 2.05) is 6.92 Å². The fraction of sp³-hybridized carbons (Fsp3) is 0.444. The van der Waals surface area contributed by atoms with Gasteiger partial charge in [0.2, 0.25) is 10.9 Å². The maximum Gasteiger partial charge on any atom is 0.365 e. The average molecular weight is 243 g/mol. The first-order valence-corrected chi connectivity index (χ1v) is 5.59. The number of rotatable bonds is 6. The Hall–Kier alpha value is -1.47. The minimum atomic E-state index is -1.03. The van der Waals surface area contributed by atoms with Crippen molar-refractivity contribution in [3.05, 3.63) is 16.1 Å². The summed E-state index contributed by atoms with van der Waals surface area (Å²) in [6, 6.07) is 0. The van der Waals surface area contributed by atoms with Crippen LogP contribution in [0.4, 0.5) is 0 Å². The number of hydrogen-bond donors (Lipinski definition) is 2. The van der Waals surface area contributed by atoms with Gasteiger partial charge in [0.15, 0.2) is 0 Å². The van der Waals surface area contributed by atoms with Gasteiger partial charge in [0.05, 0.1) is 12.2 Å². The zero-order valence-electron chi connectivity index (χ0n) is 8.84. The fourth-order valence-electron chi connectivity index (χ4n) is 1.21. The zero-order chi connectivity index (χ0) is 12.1. The van der Waals surface area contributed by atoms with Crippen LogP contribution in [0.3, 0.4) is 0 Å². The number of carbonyl (C=O) groups is 2. The second-order valence-electron chi connectivity index (χ2n) is 3.22. The molecule has 0 aliphatic rings. The van der Waals surface area contributed by atoms with E-state index in [1.54, 1.807) is 10.3 Å². The summed E-state index contributed by atoms with van der Waals surface area (Å²) in [7, 11) is 0. The summed E-state index contributed by atoms with van der Waals surface area (Å²) in [5, 5.41) is 10.4. The molecule has 1 aromatic heterocycles. The van der Waals surface area contributed by atoms with Gasteiger partial charge in [-0.1, -0.05) is 6.92 Å².